The van der Waals surface area contributed by atoms with E-state index < -0.39 is 0 Å². The zero-order chi connectivity index (χ0) is 17.1. The normalized spacial score (nSPS) is 27.0. The molecule has 1 saturated heterocycles. The van der Waals surface area contributed by atoms with Crippen molar-refractivity contribution in [2.45, 2.75) is 37.6 Å². The van der Waals surface area contributed by atoms with E-state index in [0.29, 0.717) is 6.42 Å². The minimum Gasteiger partial charge on any atom is -0.370 e. The van der Waals surface area contributed by atoms with Crippen molar-refractivity contribution in [3.05, 3.63) is 35.6 Å². The lowest BCUT2D eigenvalue weighted by molar-refractivity contribution is -0.119. The van der Waals surface area contributed by atoms with Gasteiger partial charge in [-0.3, -0.25) is 9.79 Å². The van der Waals surface area contributed by atoms with Gasteiger partial charge in [0.25, 0.3) is 0 Å². The highest BCUT2D eigenvalue weighted by Gasteiger charge is 2.41. The van der Waals surface area contributed by atoms with Gasteiger partial charge in [0.15, 0.2) is 5.96 Å². The van der Waals surface area contributed by atoms with Crippen LogP contribution >= 0.6 is 0 Å². The maximum Gasteiger partial charge on any atom is 0.217 e. The van der Waals surface area contributed by atoms with Crippen molar-refractivity contribution in [3.63, 3.8) is 0 Å². The van der Waals surface area contributed by atoms with E-state index >= 15 is 0 Å². The molecule has 6 heteroatoms. The van der Waals surface area contributed by atoms with Crippen LogP contribution in [0.15, 0.2) is 29.3 Å². The summed E-state index contributed by atoms with van der Waals surface area (Å²) in [7, 11) is 1.76. The molecular formula is C18H25FN4O. The van der Waals surface area contributed by atoms with Gasteiger partial charge in [-0.25, -0.2) is 4.39 Å². The van der Waals surface area contributed by atoms with Gasteiger partial charge in [-0.15, -0.1) is 0 Å². The summed E-state index contributed by atoms with van der Waals surface area (Å²) in [5.41, 5.74) is 6.10. The summed E-state index contributed by atoms with van der Waals surface area (Å²) in [6.45, 7) is 1.71. The summed E-state index contributed by atoms with van der Waals surface area (Å²) in [4.78, 5) is 17.7. The number of carbonyl (C=O) groups is 1. The topological polar surface area (TPSA) is 70.7 Å². The Bertz CT molecular complexity index is 633. The lowest BCUT2D eigenvalue weighted by atomic mass is 9.95. The number of carbonyl (C=O) groups excluding carboxylic acids is 1. The molecule has 1 aliphatic heterocycles. The largest absolute Gasteiger partial charge is 0.370 e. The predicted octanol–water partition coefficient (Wildman–Crippen LogP) is 1.84. The first-order valence-electron chi connectivity index (χ1n) is 8.59. The Morgan fingerprint density at radius 3 is 2.96 bits per heavy atom. The quantitative estimate of drug-likeness (QED) is 0.653. The molecule has 0 bridgehead atoms. The number of benzene rings is 1. The van der Waals surface area contributed by atoms with Crippen LogP contribution in [0.4, 0.5) is 4.39 Å². The number of aliphatic imine (C=N–C) groups is 1. The monoisotopic (exact) mass is 332 g/mol. The second kappa shape index (κ2) is 7.20. The average Bonchev–Trinajstić information content (AvgIpc) is 3.31. The highest BCUT2D eigenvalue weighted by atomic mass is 19.1. The molecular weight excluding hydrogens is 307 g/mol. The van der Waals surface area contributed by atoms with Gasteiger partial charge in [-0.05, 0) is 36.8 Å². The highest BCUT2D eigenvalue weighted by Crippen LogP contribution is 2.42. The van der Waals surface area contributed by atoms with Crippen LogP contribution in [0.1, 0.15) is 37.2 Å². The van der Waals surface area contributed by atoms with Crippen LogP contribution in [0.25, 0.3) is 0 Å². The van der Waals surface area contributed by atoms with Crippen LogP contribution in [-0.2, 0) is 4.79 Å². The van der Waals surface area contributed by atoms with Gasteiger partial charge >= 0.3 is 0 Å². The van der Waals surface area contributed by atoms with E-state index in [-0.39, 0.29) is 29.6 Å². The number of nitrogens with two attached hydrogens (primary N) is 1. The van der Waals surface area contributed by atoms with Gasteiger partial charge < -0.3 is 16.0 Å². The predicted molar refractivity (Wildman–Crippen MR) is 92.1 cm³/mol. The average molecular weight is 332 g/mol. The van der Waals surface area contributed by atoms with Crippen molar-refractivity contribution < 1.29 is 9.18 Å². The number of nitrogens with zero attached hydrogens (tertiary/aromatic N) is 2. The Labute approximate surface area is 142 Å². The van der Waals surface area contributed by atoms with Gasteiger partial charge in [0.1, 0.15) is 5.82 Å². The first-order valence-corrected chi connectivity index (χ1v) is 8.59. The smallest absolute Gasteiger partial charge is 0.217 e. The standard InChI is InChI=1S/C18H25FN4O/c1-21-18(23-8-4-5-12(11-23)9-17(20)24)22-16-10-14(16)13-6-2-3-7-15(13)19/h2-3,6-7,12,14,16H,4-5,8-11H2,1H3,(H2,20,24)(H,21,22). The van der Waals surface area contributed by atoms with Crippen LogP contribution in [0.5, 0.6) is 0 Å². The van der Waals surface area contributed by atoms with Crippen molar-refractivity contribution in [1.82, 2.24) is 10.2 Å². The molecule has 1 amide bonds. The molecule has 1 heterocycles. The van der Waals surface area contributed by atoms with E-state index in [1.165, 1.54) is 6.07 Å². The summed E-state index contributed by atoms with van der Waals surface area (Å²) in [6.07, 6.45) is 3.39. The molecule has 1 aromatic rings. The Hall–Kier alpha value is -2.11. The van der Waals surface area contributed by atoms with E-state index in [1.54, 1.807) is 13.1 Å². The summed E-state index contributed by atoms with van der Waals surface area (Å²) in [5.74, 6) is 0.950. The summed E-state index contributed by atoms with van der Waals surface area (Å²) in [6, 6.07) is 7.18. The second-order valence-corrected chi connectivity index (χ2v) is 6.79. The Balaban J connectivity index is 1.58. The zero-order valence-corrected chi connectivity index (χ0v) is 14.0. The number of guanidine groups is 1. The molecule has 3 atom stereocenters. The van der Waals surface area contributed by atoms with Crippen LogP contribution < -0.4 is 11.1 Å². The molecule has 1 aliphatic carbocycles. The van der Waals surface area contributed by atoms with Gasteiger partial charge in [0.2, 0.25) is 5.91 Å². The number of hydrogen-bond acceptors (Lipinski definition) is 2. The van der Waals surface area contributed by atoms with E-state index in [2.05, 4.69) is 15.2 Å². The van der Waals surface area contributed by atoms with Crippen LogP contribution in [0.3, 0.4) is 0 Å². The van der Waals surface area contributed by atoms with E-state index in [0.717, 1.165) is 43.9 Å². The molecule has 2 fully saturated rings. The fourth-order valence-electron chi connectivity index (χ4n) is 3.65. The third-order valence-electron chi connectivity index (χ3n) is 4.93. The molecule has 1 aromatic carbocycles. The molecule has 5 nitrogen and oxygen atoms in total. The molecule has 0 radical (unpaired) electrons. The molecule has 3 unspecified atom stereocenters. The maximum absolute atomic E-state index is 13.9. The number of amides is 1. The zero-order valence-electron chi connectivity index (χ0n) is 14.0. The lowest BCUT2D eigenvalue weighted by Gasteiger charge is -2.34. The number of primary amides is 1. The molecule has 3 N–H and O–H groups in total. The fraction of sp³-hybridized carbons (Fsp3) is 0.556. The first-order chi connectivity index (χ1) is 11.6. The second-order valence-electron chi connectivity index (χ2n) is 6.79. The number of likely N-dealkylation sites (tertiary alicyclic amines) is 1. The fourth-order valence-corrected chi connectivity index (χ4v) is 3.65. The SMILES string of the molecule is CN=C(NC1CC1c1ccccc1F)N1CCCC(CC(N)=O)C1. The summed E-state index contributed by atoms with van der Waals surface area (Å²) < 4.78 is 13.9. The number of hydrogen-bond donors (Lipinski definition) is 2. The van der Waals surface area contributed by atoms with E-state index in [1.807, 2.05) is 12.1 Å². The number of piperidine rings is 1. The van der Waals surface area contributed by atoms with E-state index in [4.69, 9.17) is 5.73 Å². The molecule has 0 aromatic heterocycles. The molecule has 3 rings (SSSR count). The van der Waals surface area contributed by atoms with Crippen LogP contribution in [-0.4, -0.2) is 42.9 Å². The van der Waals surface area contributed by atoms with Crippen LogP contribution in [0.2, 0.25) is 0 Å². The van der Waals surface area contributed by atoms with Crippen molar-refractivity contribution in [3.8, 4) is 0 Å². The van der Waals surface area contributed by atoms with Crippen molar-refractivity contribution in [2.24, 2.45) is 16.6 Å². The minimum atomic E-state index is -0.244. The molecule has 24 heavy (non-hydrogen) atoms. The molecule has 2 aliphatic rings. The van der Waals surface area contributed by atoms with Crippen LogP contribution in [0, 0.1) is 11.7 Å². The van der Waals surface area contributed by atoms with Crippen molar-refractivity contribution in [2.75, 3.05) is 20.1 Å². The summed E-state index contributed by atoms with van der Waals surface area (Å²) in [5, 5.41) is 3.45. The minimum absolute atomic E-state index is 0.138. The molecule has 130 valence electrons. The maximum atomic E-state index is 13.9. The third-order valence-corrected chi connectivity index (χ3v) is 4.93. The van der Waals surface area contributed by atoms with Gasteiger partial charge in [-0.1, -0.05) is 18.2 Å². The van der Waals surface area contributed by atoms with Gasteiger partial charge in [0.05, 0.1) is 0 Å². The highest BCUT2D eigenvalue weighted by molar-refractivity contribution is 5.81. The first kappa shape index (κ1) is 16.7. The molecule has 1 saturated carbocycles. The summed E-state index contributed by atoms with van der Waals surface area (Å²) >= 11 is 0. The number of rotatable bonds is 4. The number of halogens is 1. The Kier molecular flexibility index (Phi) is 5.02. The number of nitrogens with one attached hydrogen (secondary N) is 1. The van der Waals surface area contributed by atoms with Gasteiger partial charge in [-0.2, -0.15) is 0 Å². The Morgan fingerprint density at radius 2 is 2.25 bits per heavy atom. The van der Waals surface area contributed by atoms with Crippen molar-refractivity contribution in [1.29, 1.82) is 0 Å². The van der Waals surface area contributed by atoms with Crippen molar-refractivity contribution >= 4 is 11.9 Å². The van der Waals surface area contributed by atoms with Gasteiger partial charge in [0, 0.05) is 38.5 Å². The van der Waals surface area contributed by atoms with E-state index in [9.17, 15) is 9.18 Å². The molecule has 0 spiro atoms. The third kappa shape index (κ3) is 3.86. The Morgan fingerprint density at radius 1 is 1.46 bits per heavy atom. The lowest BCUT2D eigenvalue weighted by Crippen LogP contribution is -2.48.